The minimum atomic E-state index is 0.181. The van der Waals surface area contributed by atoms with Crippen molar-refractivity contribution in [3.63, 3.8) is 0 Å². The van der Waals surface area contributed by atoms with Gasteiger partial charge in [0.05, 0.1) is 0 Å². The van der Waals surface area contributed by atoms with Crippen LogP contribution in [-0.4, -0.2) is 11.7 Å². The van der Waals surface area contributed by atoms with Crippen LogP contribution in [0.5, 0.6) is 0 Å². The van der Waals surface area contributed by atoms with Crippen molar-refractivity contribution in [1.82, 2.24) is 0 Å². The SMILES string of the molecule is OC[CH2][Co]. The summed E-state index contributed by atoms with van der Waals surface area (Å²) in [6.45, 7) is 0.181. The predicted octanol–water partition coefficient (Wildman–Crippen LogP) is -0.0562. The summed E-state index contributed by atoms with van der Waals surface area (Å²) in [5.74, 6) is 0. The molecule has 0 aromatic heterocycles. The van der Waals surface area contributed by atoms with Crippen LogP contribution >= 0.6 is 0 Å². The van der Waals surface area contributed by atoms with E-state index in [2.05, 4.69) is 15.7 Å². The fourth-order valence-corrected chi connectivity index (χ4v) is 0. The average molecular weight is 104 g/mol. The number of aliphatic hydroxyl groups is 1. The van der Waals surface area contributed by atoms with Crippen molar-refractivity contribution < 1.29 is 20.8 Å². The topological polar surface area (TPSA) is 20.2 Å². The van der Waals surface area contributed by atoms with Crippen LogP contribution in [0, 0.1) is 0 Å². The first kappa shape index (κ1) is 4.47. The van der Waals surface area contributed by atoms with E-state index in [1.807, 2.05) is 0 Å². The molecule has 0 radical (unpaired) electrons. The monoisotopic (exact) mass is 104 g/mol. The first-order valence-corrected chi connectivity index (χ1v) is 1.79. The van der Waals surface area contributed by atoms with Crippen LogP contribution in [0.25, 0.3) is 0 Å². The summed E-state index contributed by atoms with van der Waals surface area (Å²) in [5, 5.41) is 8.36. The van der Waals surface area contributed by atoms with Crippen molar-refractivity contribution >= 4 is 0 Å². The van der Waals surface area contributed by atoms with E-state index in [0.717, 1.165) is 0 Å². The van der Waals surface area contributed by atoms with Crippen LogP contribution in [0.3, 0.4) is 0 Å². The molecule has 1 nitrogen and oxygen atoms in total. The Morgan fingerprint density at radius 3 is 2.00 bits per heavy atom. The Kier molecular flexibility index (Phi) is 3.87. The average Bonchev–Trinajstić information content (AvgIpc) is 1.37. The first-order chi connectivity index (χ1) is 1.91. The summed E-state index contributed by atoms with van der Waals surface area (Å²) in [6.07, 6.45) is 0. The van der Waals surface area contributed by atoms with Gasteiger partial charge in [-0.05, 0) is 0 Å². The van der Waals surface area contributed by atoms with Gasteiger partial charge >= 0.3 is 32.8 Å². The second-order valence-electron chi connectivity index (χ2n) is 0.390. The molecule has 0 heterocycles. The van der Waals surface area contributed by atoms with Gasteiger partial charge in [0.15, 0.2) is 0 Å². The fraction of sp³-hybridized carbons (Fsp3) is 1.00. The molecule has 0 aliphatic rings. The Balaban J connectivity index is 1.97. The third kappa shape index (κ3) is 2.47. The molecule has 0 aromatic carbocycles. The van der Waals surface area contributed by atoms with Gasteiger partial charge in [-0.15, -0.1) is 0 Å². The minimum absolute atomic E-state index is 0.181. The Bertz CT molecular complexity index is 8.00. The van der Waals surface area contributed by atoms with Gasteiger partial charge < -0.3 is 0 Å². The molecular weight excluding hydrogens is 99.0 g/mol. The number of hydrogen-bond donors (Lipinski definition) is 1. The summed E-state index contributed by atoms with van der Waals surface area (Å²) in [6, 6.07) is 0. The molecule has 28 valence electrons. The molecule has 2 heteroatoms. The molecule has 0 fully saturated rings. The van der Waals surface area contributed by atoms with Gasteiger partial charge in [0.2, 0.25) is 0 Å². The van der Waals surface area contributed by atoms with E-state index in [0.29, 0.717) is 5.36 Å². The van der Waals surface area contributed by atoms with E-state index in [1.165, 1.54) is 0 Å². The molecule has 0 amide bonds. The third-order valence-electron chi connectivity index (χ3n) is 0.0745. The van der Waals surface area contributed by atoms with E-state index in [-0.39, 0.29) is 6.61 Å². The zero-order chi connectivity index (χ0) is 3.41. The van der Waals surface area contributed by atoms with Crippen molar-refractivity contribution in [1.29, 1.82) is 0 Å². The Labute approximate surface area is 33.6 Å². The second-order valence-corrected chi connectivity index (χ2v) is 0.911. The molecule has 1 N–H and O–H groups in total. The zero-order valence-electron chi connectivity index (χ0n) is 2.19. The molecule has 0 aliphatic heterocycles. The molecule has 0 saturated carbocycles. The molecule has 0 atom stereocenters. The molecule has 0 saturated heterocycles. The normalized spacial score (nSPS) is 7.75. The van der Waals surface area contributed by atoms with Gasteiger partial charge in [0.25, 0.3) is 0 Å². The molecule has 0 unspecified atom stereocenters. The van der Waals surface area contributed by atoms with Crippen LogP contribution in [0.1, 0.15) is 0 Å². The summed E-state index contributed by atoms with van der Waals surface area (Å²) >= 11 is 3.71. The number of rotatable bonds is 1. The van der Waals surface area contributed by atoms with Crippen molar-refractivity contribution in [2.75, 3.05) is 6.61 Å². The van der Waals surface area contributed by atoms with Crippen LogP contribution in [0.2, 0.25) is 5.36 Å². The van der Waals surface area contributed by atoms with Crippen LogP contribution < -0.4 is 0 Å². The maximum atomic E-state index is 7.80. The van der Waals surface area contributed by atoms with Gasteiger partial charge in [-0.2, -0.15) is 0 Å². The molecule has 4 heavy (non-hydrogen) atoms. The predicted molar refractivity (Wildman–Crippen MR) is 11.9 cm³/mol. The van der Waals surface area contributed by atoms with E-state index in [4.69, 9.17) is 5.11 Å². The summed E-state index contributed by atoms with van der Waals surface area (Å²) < 4.78 is 0. The van der Waals surface area contributed by atoms with Crippen molar-refractivity contribution in [3.05, 3.63) is 0 Å². The quantitative estimate of drug-likeness (QED) is 0.494. The number of aliphatic hydroxyl groups excluding tert-OH is 1. The van der Waals surface area contributed by atoms with Crippen molar-refractivity contribution in [2.24, 2.45) is 0 Å². The van der Waals surface area contributed by atoms with Gasteiger partial charge in [0.1, 0.15) is 0 Å². The molecule has 0 bridgehead atoms. The Hall–Kier alpha value is 0.466. The summed E-state index contributed by atoms with van der Waals surface area (Å²) in [4.78, 5) is 0. The van der Waals surface area contributed by atoms with Gasteiger partial charge in [-0.25, -0.2) is 0 Å². The number of hydrogen-bond acceptors (Lipinski definition) is 1. The maximum absolute atomic E-state index is 7.80. The first-order valence-electron chi connectivity index (χ1n) is 1.05. The second kappa shape index (κ2) is 3.47. The van der Waals surface area contributed by atoms with E-state index >= 15 is 0 Å². The van der Waals surface area contributed by atoms with Crippen LogP contribution in [-0.2, 0) is 15.7 Å². The Morgan fingerprint density at radius 2 is 2.00 bits per heavy atom. The van der Waals surface area contributed by atoms with Crippen molar-refractivity contribution in [3.8, 4) is 0 Å². The Morgan fingerprint density at radius 1 is 1.75 bits per heavy atom. The molecule has 0 aliphatic carbocycles. The fourth-order valence-electron chi connectivity index (χ4n) is 0. The van der Waals surface area contributed by atoms with Crippen molar-refractivity contribution in [2.45, 2.75) is 5.36 Å². The molecular formula is C2H5CoO. The van der Waals surface area contributed by atoms with Crippen LogP contribution in [0.15, 0.2) is 0 Å². The van der Waals surface area contributed by atoms with Gasteiger partial charge in [0, 0.05) is 0 Å². The van der Waals surface area contributed by atoms with Gasteiger partial charge in [-0.1, -0.05) is 0 Å². The summed E-state index contributed by atoms with van der Waals surface area (Å²) in [5.41, 5.74) is 0. The third-order valence-corrected chi connectivity index (χ3v) is 0.307. The zero-order valence-corrected chi connectivity index (χ0v) is 3.24. The molecule has 0 aromatic rings. The standard InChI is InChI=1S/C2H5O.Co/c1-2-3;/h3H,1-2H2;. The van der Waals surface area contributed by atoms with E-state index in [9.17, 15) is 0 Å². The van der Waals surface area contributed by atoms with Gasteiger partial charge in [-0.3, -0.25) is 0 Å². The molecule has 0 spiro atoms. The van der Waals surface area contributed by atoms with E-state index < -0.39 is 0 Å². The van der Waals surface area contributed by atoms with Crippen LogP contribution in [0.4, 0.5) is 0 Å². The molecule has 0 rings (SSSR count). The van der Waals surface area contributed by atoms with E-state index in [1.54, 1.807) is 0 Å². The summed E-state index contributed by atoms with van der Waals surface area (Å²) in [7, 11) is 0.